The number of hydrogen-bond donors (Lipinski definition) is 2. The predicted molar refractivity (Wildman–Crippen MR) is 86.0 cm³/mol. The predicted octanol–water partition coefficient (Wildman–Crippen LogP) is 2.83. The molecule has 0 aliphatic carbocycles. The van der Waals surface area contributed by atoms with Gasteiger partial charge in [0.1, 0.15) is 0 Å². The molecule has 5 heteroatoms. The van der Waals surface area contributed by atoms with E-state index in [1.165, 1.54) is 0 Å². The Balaban J connectivity index is 1.97. The number of carbonyl (C=O) groups excluding carboxylic acids is 1. The topological polar surface area (TPSA) is 53.6 Å². The maximum absolute atomic E-state index is 11.6. The lowest BCUT2D eigenvalue weighted by molar-refractivity contribution is -0.00521. The Morgan fingerprint density at radius 2 is 1.76 bits per heavy atom. The highest BCUT2D eigenvalue weighted by Gasteiger charge is 2.22. The molecule has 2 unspecified atom stereocenters. The Morgan fingerprint density at radius 3 is 2.29 bits per heavy atom. The van der Waals surface area contributed by atoms with E-state index in [9.17, 15) is 4.79 Å². The number of amides is 2. The van der Waals surface area contributed by atoms with Crippen molar-refractivity contribution in [1.82, 2.24) is 5.32 Å². The summed E-state index contributed by atoms with van der Waals surface area (Å²) in [5.74, 6) is 0. The van der Waals surface area contributed by atoms with E-state index in [1.54, 1.807) is 0 Å². The van der Waals surface area contributed by atoms with Crippen molar-refractivity contribution in [3.63, 3.8) is 0 Å². The van der Waals surface area contributed by atoms with Gasteiger partial charge in [-0.15, -0.1) is 0 Å². The minimum absolute atomic E-state index is 0.126. The van der Waals surface area contributed by atoms with Crippen molar-refractivity contribution in [2.45, 2.75) is 45.9 Å². The fourth-order valence-electron chi connectivity index (χ4n) is 2.57. The lowest BCUT2D eigenvalue weighted by Gasteiger charge is -2.36. The first-order chi connectivity index (χ1) is 9.94. The molecule has 1 aromatic rings. The molecule has 1 saturated heterocycles. The number of benzene rings is 1. The lowest BCUT2D eigenvalue weighted by Crippen LogP contribution is -2.45. The SMILES string of the molecule is CC(C)NC(=O)Nc1ccc(N2CC(C)OC(C)C2)cc1. The molecule has 5 nitrogen and oxygen atoms in total. The van der Waals surface area contributed by atoms with Crippen molar-refractivity contribution < 1.29 is 9.53 Å². The molecule has 2 N–H and O–H groups in total. The molecule has 1 fully saturated rings. The highest BCUT2D eigenvalue weighted by molar-refractivity contribution is 5.89. The summed E-state index contributed by atoms with van der Waals surface area (Å²) in [4.78, 5) is 14.0. The van der Waals surface area contributed by atoms with E-state index in [1.807, 2.05) is 38.1 Å². The molecule has 1 heterocycles. The average Bonchev–Trinajstić information content (AvgIpc) is 2.37. The monoisotopic (exact) mass is 291 g/mol. The van der Waals surface area contributed by atoms with Gasteiger partial charge in [0, 0.05) is 30.5 Å². The van der Waals surface area contributed by atoms with Crippen LogP contribution >= 0.6 is 0 Å². The second-order valence-electron chi connectivity index (χ2n) is 5.96. The second-order valence-corrected chi connectivity index (χ2v) is 5.96. The third kappa shape index (κ3) is 4.63. The summed E-state index contributed by atoms with van der Waals surface area (Å²) in [5.41, 5.74) is 1.96. The zero-order valence-electron chi connectivity index (χ0n) is 13.2. The third-order valence-corrected chi connectivity index (χ3v) is 3.33. The van der Waals surface area contributed by atoms with E-state index in [0.717, 1.165) is 24.5 Å². The van der Waals surface area contributed by atoms with E-state index in [0.29, 0.717) is 0 Å². The number of carbonyl (C=O) groups is 1. The molecule has 1 aliphatic heterocycles. The van der Waals surface area contributed by atoms with Crippen LogP contribution in [0, 0.1) is 0 Å². The normalized spacial score (nSPS) is 22.2. The third-order valence-electron chi connectivity index (χ3n) is 3.33. The molecule has 0 aromatic heterocycles. The standard InChI is InChI=1S/C16H25N3O2/c1-11(2)17-16(20)18-14-5-7-15(8-6-14)19-9-12(3)21-13(4)10-19/h5-8,11-13H,9-10H2,1-4H3,(H2,17,18,20). The fraction of sp³-hybridized carbons (Fsp3) is 0.562. The van der Waals surface area contributed by atoms with Crippen LogP contribution in [0.3, 0.4) is 0 Å². The molecular formula is C16H25N3O2. The highest BCUT2D eigenvalue weighted by atomic mass is 16.5. The summed E-state index contributed by atoms with van der Waals surface area (Å²) < 4.78 is 5.74. The van der Waals surface area contributed by atoms with Gasteiger partial charge in [0.05, 0.1) is 12.2 Å². The molecule has 0 bridgehead atoms. The Morgan fingerprint density at radius 1 is 1.19 bits per heavy atom. The van der Waals surface area contributed by atoms with Crippen LogP contribution in [0.15, 0.2) is 24.3 Å². The van der Waals surface area contributed by atoms with Gasteiger partial charge < -0.3 is 20.3 Å². The average molecular weight is 291 g/mol. The van der Waals surface area contributed by atoms with Gasteiger partial charge in [0.25, 0.3) is 0 Å². The Kier molecular flexibility index (Phi) is 5.07. The minimum atomic E-state index is -0.175. The first-order valence-corrected chi connectivity index (χ1v) is 7.52. The van der Waals surface area contributed by atoms with E-state index >= 15 is 0 Å². The number of nitrogens with one attached hydrogen (secondary N) is 2. The van der Waals surface area contributed by atoms with Crippen molar-refractivity contribution in [3.05, 3.63) is 24.3 Å². The number of nitrogens with zero attached hydrogens (tertiary/aromatic N) is 1. The lowest BCUT2D eigenvalue weighted by atomic mass is 10.2. The molecule has 0 saturated carbocycles. The van der Waals surface area contributed by atoms with Crippen LogP contribution in [-0.2, 0) is 4.74 Å². The first-order valence-electron chi connectivity index (χ1n) is 7.52. The number of ether oxygens (including phenoxy) is 1. The zero-order chi connectivity index (χ0) is 15.4. The van der Waals surface area contributed by atoms with Crippen LogP contribution in [0.25, 0.3) is 0 Å². The maximum Gasteiger partial charge on any atom is 0.319 e. The summed E-state index contributed by atoms with van der Waals surface area (Å²) in [6.07, 6.45) is 0.478. The van der Waals surface area contributed by atoms with Gasteiger partial charge in [0.2, 0.25) is 0 Å². The van der Waals surface area contributed by atoms with Crippen LogP contribution in [-0.4, -0.2) is 37.4 Å². The second kappa shape index (κ2) is 6.80. The number of hydrogen-bond acceptors (Lipinski definition) is 3. The molecule has 2 atom stereocenters. The molecule has 21 heavy (non-hydrogen) atoms. The van der Waals surface area contributed by atoms with Crippen molar-refractivity contribution in [3.8, 4) is 0 Å². The van der Waals surface area contributed by atoms with Gasteiger partial charge in [-0.3, -0.25) is 0 Å². The summed E-state index contributed by atoms with van der Waals surface area (Å²) in [7, 11) is 0. The highest BCUT2D eigenvalue weighted by Crippen LogP contribution is 2.22. The molecule has 116 valence electrons. The van der Waals surface area contributed by atoms with Crippen LogP contribution in [0.5, 0.6) is 0 Å². The number of urea groups is 1. The first kappa shape index (κ1) is 15.6. The van der Waals surface area contributed by atoms with Gasteiger partial charge in [-0.1, -0.05) is 0 Å². The van der Waals surface area contributed by atoms with Gasteiger partial charge in [0.15, 0.2) is 0 Å². The van der Waals surface area contributed by atoms with Gasteiger partial charge in [-0.05, 0) is 52.0 Å². The van der Waals surface area contributed by atoms with Crippen molar-refractivity contribution in [1.29, 1.82) is 0 Å². The molecule has 1 aliphatic rings. The van der Waals surface area contributed by atoms with Gasteiger partial charge in [-0.25, -0.2) is 4.79 Å². The van der Waals surface area contributed by atoms with Crippen molar-refractivity contribution in [2.75, 3.05) is 23.3 Å². The van der Waals surface area contributed by atoms with Crippen LogP contribution in [0.1, 0.15) is 27.7 Å². The molecule has 2 rings (SSSR count). The Bertz CT molecular complexity index is 463. The molecule has 0 radical (unpaired) electrons. The van der Waals surface area contributed by atoms with Crippen LogP contribution in [0.4, 0.5) is 16.2 Å². The summed E-state index contributed by atoms with van der Waals surface area (Å²) >= 11 is 0. The van der Waals surface area contributed by atoms with Gasteiger partial charge >= 0.3 is 6.03 Å². The molecule has 2 amide bonds. The number of morpholine rings is 1. The van der Waals surface area contributed by atoms with E-state index in [2.05, 4.69) is 29.4 Å². The minimum Gasteiger partial charge on any atom is -0.372 e. The van der Waals surface area contributed by atoms with Crippen molar-refractivity contribution in [2.24, 2.45) is 0 Å². The molecular weight excluding hydrogens is 266 g/mol. The Hall–Kier alpha value is -1.75. The van der Waals surface area contributed by atoms with E-state index in [-0.39, 0.29) is 24.3 Å². The van der Waals surface area contributed by atoms with E-state index in [4.69, 9.17) is 4.74 Å². The quantitative estimate of drug-likeness (QED) is 0.900. The largest absolute Gasteiger partial charge is 0.372 e. The molecule has 1 aromatic carbocycles. The maximum atomic E-state index is 11.6. The number of anilines is 2. The molecule has 0 spiro atoms. The summed E-state index contributed by atoms with van der Waals surface area (Å²) in [6, 6.07) is 7.89. The van der Waals surface area contributed by atoms with Gasteiger partial charge in [-0.2, -0.15) is 0 Å². The zero-order valence-corrected chi connectivity index (χ0v) is 13.2. The van der Waals surface area contributed by atoms with E-state index < -0.39 is 0 Å². The number of rotatable bonds is 3. The van der Waals surface area contributed by atoms with Crippen LogP contribution in [0.2, 0.25) is 0 Å². The summed E-state index contributed by atoms with van der Waals surface area (Å²) in [5, 5.41) is 5.63. The smallest absolute Gasteiger partial charge is 0.319 e. The Labute approximate surface area is 126 Å². The van der Waals surface area contributed by atoms with Crippen LogP contribution < -0.4 is 15.5 Å². The summed E-state index contributed by atoms with van der Waals surface area (Å²) in [6.45, 7) is 9.84. The fourth-order valence-corrected chi connectivity index (χ4v) is 2.57. The van der Waals surface area contributed by atoms with Crippen molar-refractivity contribution >= 4 is 17.4 Å².